The van der Waals surface area contributed by atoms with Crippen LogP contribution in [0, 0.1) is 0 Å². The van der Waals surface area contributed by atoms with Crippen molar-refractivity contribution in [1.82, 2.24) is 4.90 Å². The molecule has 1 aliphatic heterocycles. The SMILES string of the molecule is CCCCN1C(=O)C(O)=C(C(=O)c2ccco2)C1c1cccc(OCCC)c1. The monoisotopic (exact) mass is 383 g/mol. The molecule has 148 valence electrons. The highest BCUT2D eigenvalue weighted by molar-refractivity contribution is 6.15. The minimum atomic E-state index is -0.679. The molecule has 3 rings (SSSR count). The van der Waals surface area contributed by atoms with Crippen molar-refractivity contribution >= 4 is 11.7 Å². The molecule has 1 aromatic heterocycles. The van der Waals surface area contributed by atoms with E-state index in [-0.39, 0.29) is 11.3 Å². The molecule has 1 N–H and O–H groups in total. The second-order valence-corrected chi connectivity index (χ2v) is 6.74. The molecule has 0 fully saturated rings. The van der Waals surface area contributed by atoms with Crippen molar-refractivity contribution in [1.29, 1.82) is 0 Å². The van der Waals surface area contributed by atoms with Crippen LogP contribution in [0.4, 0.5) is 0 Å². The Hall–Kier alpha value is -3.02. The molecule has 0 bridgehead atoms. The van der Waals surface area contributed by atoms with Crippen LogP contribution in [0.5, 0.6) is 5.75 Å². The molecule has 1 aliphatic rings. The number of rotatable bonds is 9. The van der Waals surface area contributed by atoms with E-state index in [1.54, 1.807) is 11.0 Å². The molecule has 28 heavy (non-hydrogen) atoms. The average molecular weight is 383 g/mol. The molecule has 0 saturated heterocycles. The Morgan fingerprint density at radius 3 is 2.71 bits per heavy atom. The van der Waals surface area contributed by atoms with E-state index in [0.29, 0.717) is 18.9 Å². The van der Waals surface area contributed by atoms with E-state index < -0.39 is 23.5 Å². The van der Waals surface area contributed by atoms with Crippen molar-refractivity contribution in [2.75, 3.05) is 13.2 Å². The molecule has 2 heterocycles. The number of amides is 1. The average Bonchev–Trinajstić information content (AvgIpc) is 3.33. The number of hydrogen-bond donors (Lipinski definition) is 1. The first-order chi connectivity index (χ1) is 13.6. The number of ketones is 1. The number of carbonyl (C=O) groups excluding carboxylic acids is 2. The number of unbranched alkanes of at least 4 members (excludes halogenated alkanes) is 1. The van der Waals surface area contributed by atoms with E-state index in [0.717, 1.165) is 24.8 Å². The lowest BCUT2D eigenvalue weighted by Crippen LogP contribution is -2.32. The van der Waals surface area contributed by atoms with Crippen molar-refractivity contribution in [2.45, 2.75) is 39.2 Å². The summed E-state index contributed by atoms with van der Waals surface area (Å²) in [6.07, 6.45) is 3.92. The van der Waals surface area contributed by atoms with Crippen LogP contribution in [-0.2, 0) is 4.79 Å². The van der Waals surface area contributed by atoms with E-state index in [9.17, 15) is 14.7 Å². The zero-order chi connectivity index (χ0) is 20.1. The molecular weight excluding hydrogens is 358 g/mol. The van der Waals surface area contributed by atoms with Gasteiger partial charge in [-0.05, 0) is 42.7 Å². The van der Waals surface area contributed by atoms with Crippen LogP contribution in [0.1, 0.15) is 55.3 Å². The number of ether oxygens (including phenoxy) is 1. The quantitative estimate of drug-likeness (QED) is 0.647. The predicted octanol–water partition coefficient (Wildman–Crippen LogP) is 4.45. The van der Waals surface area contributed by atoms with Crippen LogP contribution in [0.15, 0.2) is 58.4 Å². The van der Waals surface area contributed by atoms with E-state index in [4.69, 9.17) is 9.15 Å². The summed E-state index contributed by atoms with van der Waals surface area (Å²) in [5, 5.41) is 10.5. The highest BCUT2D eigenvalue weighted by Gasteiger charge is 2.44. The second-order valence-electron chi connectivity index (χ2n) is 6.74. The van der Waals surface area contributed by atoms with E-state index in [2.05, 4.69) is 0 Å². The van der Waals surface area contributed by atoms with Gasteiger partial charge in [0.1, 0.15) is 5.75 Å². The van der Waals surface area contributed by atoms with Gasteiger partial charge in [0.15, 0.2) is 11.5 Å². The summed E-state index contributed by atoms with van der Waals surface area (Å²) in [6, 6.07) is 9.77. The van der Waals surface area contributed by atoms with Gasteiger partial charge >= 0.3 is 0 Å². The molecule has 0 saturated carbocycles. The van der Waals surface area contributed by atoms with Gasteiger partial charge in [0, 0.05) is 6.54 Å². The van der Waals surface area contributed by atoms with E-state index in [1.165, 1.54) is 12.3 Å². The highest BCUT2D eigenvalue weighted by Crippen LogP contribution is 2.40. The largest absolute Gasteiger partial charge is 0.503 e. The first-order valence-electron chi connectivity index (χ1n) is 9.63. The molecule has 2 aromatic rings. The second kappa shape index (κ2) is 8.78. The Labute approximate surface area is 164 Å². The standard InChI is InChI=1S/C22H25NO5/c1-3-5-11-23-19(15-8-6-9-16(14-15)27-12-4-2)18(21(25)22(23)26)20(24)17-10-7-13-28-17/h6-10,13-14,19,25H,3-5,11-12H2,1-2H3. The molecular formula is C22H25NO5. The summed E-state index contributed by atoms with van der Waals surface area (Å²) in [5.74, 6) is -0.774. The van der Waals surface area contributed by atoms with Gasteiger partial charge in [-0.1, -0.05) is 32.4 Å². The van der Waals surface area contributed by atoms with Crippen LogP contribution in [-0.4, -0.2) is 34.8 Å². The van der Waals surface area contributed by atoms with E-state index >= 15 is 0 Å². The molecule has 0 spiro atoms. The third kappa shape index (κ3) is 3.81. The van der Waals surface area contributed by atoms with Gasteiger partial charge in [-0.2, -0.15) is 0 Å². The molecule has 0 radical (unpaired) electrons. The van der Waals surface area contributed by atoms with Gasteiger partial charge in [-0.3, -0.25) is 9.59 Å². The lowest BCUT2D eigenvalue weighted by molar-refractivity contribution is -0.129. The summed E-state index contributed by atoms with van der Waals surface area (Å²) in [5.41, 5.74) is 0.765. The first-order valence-corrected chi connectivity index (χ1v) is 9.63. The number of aliphatic hydroxyl groups is 1. The highest BCUT2D eigenvalue weighted by atomic mass is 16.5. The maximum Gasteiger partial charge on any atom is 0.290 e. The van der Waals surface area contributed by atoms with Crippen molar-refractivity contribution in [3.05, 3.63) is 65.3 Å². The molecule has 6 nitrogen and oxygen atoms in total. The molecule has 1 atom stereocenters. The lowest BCUT2D eigenvalue weighted by atomic mass is 9.95. The van der Waals surface area contributed by atoms with Gasteiger partial charge in [0.25, 0.3) is 5.91 Å². The Bertz CT molecular complexity index is 869. The summed E-state index contributed by atoms with van der Waals surface area (Å²) < 4.78 is 10.9. The van der Waals surface area contributed by atoms with E-state index in [1.807, 2.05) is 38.1 Å². The number of furan rings is 1. The number of nitrogens with zero attached hydrogens (tertiary/aromatic N) is 1. The first kappa shape index (κ1) is 19.7. The van der Waals surface area contributed by atoms with Gasteiger partial charge < -0.3 is 19.2 Å². The molecule has 1 amide bonds. The van der Waals surface area contributed by atoms with Crippen molar-refractivity contribution < 1.29 is 23.8 Å². The third-order valence-corrected chi connectivity index (χ3v) is 4.69. The lowest BCUT2D eigenvalue weighted by Gasteiger charge is -2.27. The van der Waals surface area contributed by atoms with Crippen LogP contribution < -0.4 is 4.74 Å². The van der Waals surface area contributed by atoms with Gasteiger partial charge in [0.05, 0.1) is 24.5 Å². The molecule has 1 aromatic carbocycles. The van der Waals surface area contributed by atoms with Crippen LogP contribution >= 0.6 is 0 Å². The fraction of sp³-hybridized carbons (Fsp3) is 0.364. The Balaban J connectivity index is 2.03. The Morgan fingerprint density at radius 2 is 2.04 bits per heavy atom. The normalized spacial score (nSPS) is 16.7. The van der Waals surface area contributed by atoms with Crippen molar-refractivity contribution in [2.24, 2.45) is 0 Å². The topological polar surface area (TPSA) is 80.0 Å². The van der Waals surface area contributed by atoms with Gasteiger partial charge in [-0.25, -0.2) is 0 Å². The fourth-order valence-corrected chi connectivity index (χ4v) is 3.33. The van der Waals surface area contributed by atoms with Gasteiger partial charge in [0.2, 0.25) is 5.78 Å². The molecule has 0 aliphatic carbocycles. The number of hydrogen-bond acceptors (Lipinski definition) is 5. The number of Topliss-reactive ketones (excluding diaryl/α,β-unsaturated/α-hetero) is 1. The van der Waals surface area contributed by atoms with Crippen molar-refractivity contribution in [3.8, 4) is 5.75 Å². The zero-order valence-electron chi connectivity index (χ0n) is 16.2. The minimum absolute atomic E-state index is 0.0451. The smallest absolute Gasteiger partial charge is 0.290 e. The Morgan fingerprint density at radius 1 is 1.21 bits per heavy atom. The number of benzene rings is 1. The summed E-state index contributed by atoms with van der Waals surface area (Å²) in [4.78, 5) is 27.3. The fourth-order valence-electron chi connectivity index (χ4n) is 3.33. The number of carbonyl (C=O) groups is 2. The summed E-state index contributed by atoms with van der Waals surface area (Å²) in [7, 11) is 0. The molecule has 1 unspecified atom stereocenters. The summed E-state index contributed by atoms with van der Waals surface area (Å²) >= 11 is 0. The van der Waals surface area contributed by atoms with Crippen LogP contribution in [0.3, 0.4) is 0 Å². The number of aliphatic hydroxyl groups excluding tert-OH is 1. The predicted molar refractivity (Wildman–Crippen MR) is 104 cm³/mol. The van der Waals surface area contributed by atoms with Crippen molar-refractivity contribution in [3.63, 3.8) is 0 Å². The van der Waals surface area contributed by atoms with Crippen LogP contribution in [0.2, 0.25) is 0 Å². The van der Waals surface area contributed by atoms with Gasteiger partial charge in [-0.15, -0.1) is 0 Å². The maximum atomic E-state index is 13.0. The summed E-state index contributed by atoms with van der Waals surface area (Å²) in [6.45, 7) is 5.06. The van der Waals surface area contributed by atoms with Crippen LogP contribution in [0.25, 0.3) is 0 Å². The zero-order valence-corrected chi connectivity index (χ0v) is 16.2. The minimum Gasteiger partial charge on any atom is -0.503 e. The third-order valence-electron chi connectivity index (χ3n) is 4.69. The Kier molecular flexibility index (Phi) is 6.19. The maximum absolute atomic E-state index is 13.0. The molecule has 6 heteroatoms.